The smallest absolute Gasteiger partial charge is 0.344 e. The second-order valence-electron chi connectivity index (χ2n) is 5.71. The molecule has 0 aromatic heterocycles. The van der Waals surface area contributed by atoms with E-state index in [9.17, 15) is 24.6 Å². The van der Waals surface area contributed by atoms with Crippen molar-refractivity contribution >= 4 is 7.60 Å². The molecule has 0 bridgehead atoms. The first kappa shape index (κ1) is 17.2. The molecule has 128 valence electrons. The van der Waals surface area contributed by atoms with E-state index in [0.717, 1.165) is 0 Å². The molecule has 5 nitrogen and oxygen atoms in total. The predicted octanol–water partition coefficient (Wildman–Crippen LogP) is 3.57. The molecular formula is C19H17O5P. The molecule has 3 aromatic rings. The molecule has 3 rings (SSSR count). The number of hydrogen-bond acceptors (Lipinski definition) is 3. The van der Waals surface area contributed by atoms with Crippen molar-refractivity contribution in [3.05, 3.63) is 95.6 Å². The van der Waals surface area contributed by atoms with Gasteiger partial charge in [-0.05, 0) is 41.0 Å². The highest BCUT2D eigenvalue weighted by Crippen LogP contribution is 2.64. The van der Waals surface area contributed by atoms with Crippen molar-refractivity contribution in [2.45, 2.75) is 5.16 Å². The van der Waals surface area contributed by atoms with E-state index in [1.807, 2.05) is 0 Å². The first-order valence-corrected chi connectivity index (χ1v) is 9.17. The third kappa shape index (κ3) is 2.94. The standard InChI is InChI=1S/C19H17O5P/c20-17-10-6-15(7-11-17)19(25(22,23)24,14-4-2-1-3-5-14)16-8-12-18(21)13-9-16/h1-13,20-21H,(H2,22,23,24). The van der Waals surface area contributed by atoms with Crippen molar-refractivity contribution < 1.29 is 24.6 Å². The Labute approximate surface area is 145 Å². The largest absolute Gasteiger partial charge is 0.508 e. The highest BCUT2D eigenvalue weighted by Gasteiger charge is 2.51. The molecule has 4 N–H and O–H groups in total. The van der Waals surface area contributed by atoms with Crippen LogP contribution in [0.4, 0.5) is 0 Å². The summed E-state index contributed by atoms with van der Waals surface area (Å²) in [6, 6.07) is 20.0. The lowest BCUT2D eigenvalue weighted by Gasteiger charge is -2.36. The van der Waals surface area contributed by atoms with Crippen LogP contribution < -0.4 is 0 Å². The summed E-state index contributed by atoms with van der Waals surface area (Å²) in [5, 5.41) is 17.4. The maximum Gasteiger partial charge on any atom is 0.344 e. The van der Waals surface area contributed by atoms with Gasteiger partial charge in [0.05, 0.1) is 0 Å². The van der Waals surface area contributed by atoms with Crippen molar-refractivity contribution in [2.24, 2.45) is 0 Å². The molecule has 0 spiro atoms. The normalized spacial score (nSPS) is 12.1. The van der Waals surface area contributed by atoms with Crippen LogP contribution in [0.15, 0.2) is 78.9 Å². The summed E-state index contributed by atoms with van der Waals surface area (Å²) in [4.78, 5) is 20.8. The number of benzene rings is 3. The molecule has 0 aliphatic heterocycles. The number of phenolic OH excluding ortho intramolecular Hbond substituents is 2. The average Bonchev–Trinajstić information content (AvgIpc) is 2.58. The van der Waals surface area contributed by atoms with E-state index in [4.69, 9.17) is 0 Å². The molecule has 25 heavy (non-hydrogen) atoms. The van der Waals surface area contributed by atoms with Gasteiger partial charge in [0, 0.05) is 0 Å². The van der Waals surface area contributed by atoms with E-state index >= 15 is 0 Å². The molecular weight excluding hydrogens is 339 g/mol. The van der Waals surface area contributed by atoms with Gasteiger partial charge in [-0.25, -0.2) is 0 Å². The van der Waals surface area contributed by atoms with E-state index in [1.54, 1.807) is 30.3 Å². The second kappa shape index (κ2) is 6.37. The summed E-state index contributed by atoms with van der Waals surface area (Å²) in [6.45, 7) is 0. The molecule has 6 heteroatoms. The number of phenols is 2. The first-order chi connectivity index (χ1) is 11.9. The lowest BCUT2D eigenvalue weighted by molar-refractivity contribution is 0.349. The van der Waals surface area contributed by atoms with Gasteiger partial charge in [0.15, 0.2) is 0 Å². The van der Waals surface area contributed by atoms with Gasteiger partial charge in [-0.3, -0.25) is 4.57 Å². The van der Waals surface area contributed by atoms with Crippen LogP contribution in [-0.4, -0.2) is 20.0 Å². The van der Waals surface area contributed by atoms with E-state index in [0.29, 0.717) is 16.7 Å². The van der Waals surface area contributed by atoms with Crippen molar-refractivity contribution in [3.8, 4) is 11.5 Å². The molecule has 0 fully saturated rings. The van der Waals surface area contributed by atoms with Gasteiger partial charge in [-0.2, -0.15) is 0 Å². The van der Waals surface area contributed by atoms with E-state index < -0.39 is 12.8 Å². The minimum absolute atomic E-state index is 0.00197. The Morgan fingerprint density at radius 1 is 0.600 bits per heavy atom. The Bertz CT molecular complexity index is 853. The van der Waals surface area contributed by atoms with Crippen LogP contribution in [-0.2, 0) is 9.72 Å². The lowest BCUT2D eigenvalue weighted by Crippen LogP contribution is -2.29. The summed E-state index contributed by atoms with van der Waals surface area (Å²) in [5.74, 6) is 0.00394. The van der Waals surface area contributed by atoms with Crippen LogP contribution in [0.3, 0.4) is 0 Å². The predicted molar refractivity (Wildman–Crippen MR) is 94.6 cm³/mol. The molecule has 3 aromatic carbocycles. The summed E-state index contributed by atoms with van der Waals surface area (Å²) < 4.78 is 12.8. The first-order valence-electron chi connectivity index (χ1n) is 7.56. The zero-order valence-electron chi connectivity index (χ0n) is 13.1. The van der Waals surface area contributed by atoms with Crippen LogP contribution in [0, 0.1) is 0 Å². The van der Waals surface area contributed by atoms with Gasteiger partial charge < -0.3 is 20.0 Å². The van der Waals surface area contributed by atoms with E-state index in [2.05, 4.69) is 0 Å². The van der Waals surface area contributed by atoms with Crippen molar-refractivity contribution in [2.75, 3.05) is 0 Å². The molecule has 0 amide bonds. The van der Waals surface area contributed by atoms with Gasteiger partial charge in [0.2, 0.25) is 0 Å². The van der Waals surface area contributed by atoms with Crippen molar-refractivity contribution in [3.63, 3.8) is 0 Å². The molecule has 0 saturated carbocycles. The van der Waals surface area contributed by atoms with Crippen LogP contribution in [0.1, 0.15) is 16.7 Å². The van der Waals surface area contributed by atoms with Gasteiger partial charge in [-0.15, -0.1) is 0 Å². The van der Waals surface area contributed by atoms with Crippen molar-refractivity contribution in [1.29, 1.82) is 0 Å². The van der Waals surface area contributed by atoms with Crippen LogP contribution in [0.2, 0.25) is 0 Å². The molecule has 0 atom stereocenters. The monoisotopic (exact) mass is 356 g/mol. The Morgan fingerprint density at radius 3 is 1.32 bits per heavy atom. The fourth-order valence-corrected chi connectivity index (χ4v) is 4.55. The summed E-state index contributed by atoms with van der Waals surface area (Å²) >= 11 is 0. The molecule has 0 aliphatic rings. The number of aromatic hydroxyl groups is 2. The number of hydrogen-bond donors (Lipinski definition) is 4. The summed E-state index contributed by atoms with van der Waals surface area (Å²) in [6.07, 6.45) is 0. The van der Waals surface area contributed by atoms with Crippen LogP contribution >= 0.6 is 7.60 Å². The summed E-state index contributed by atoms with van der Waals surface area (Å²) in [7, 11) is -4.77. The average molecular weight is 356 g/mol. The highest BCUT2D eigenvalue weighted by atomic mass is 31.2. The maximum absolute atomic E-state index is 12.8. The molecule has 0 unspecified atom stereocenters. The third-order valence-electron chi connectivity index (χ3n) is 4.20. The summed E-state index contributed by atoms with van der Waals surface area (Å²) in [5.41, 5.74) is 1.10. The van der Waals surface area contributed by atoms with Gasteiger partial charge in [0.1, 0.15) is 16.7 Å². The lowest BCUT2D eigenvalue weighted by atomic mass is 9.84. The van der Waals surface area contributed by atoms with Gasteiger partial charge >= 0.3 is 7.60 Å². The van der Waals surface area contributed by atoms with Crippen LogP contribution in [0.25, 0.3) is 0 Å². The molecule has 0 radical (unpaired) electrons. The third-order valence-corrected chi connectivity index (χ3v) is 5.85. The minimum atomic E-state index is -4.77. The SMILES string of the molecule is O=P(O)(O)C(c1ccccc1)(c1ccc(O)cc1)c1ccc(O)cc1. The number of rotatable bonds is 4. The topological polar surface area (TPSA) is 98.0 Å². The molecule has 0 aliphatic carbocycles. The molecule has 0 saturated heterocycles. The fourth-order valence-electron chi connectivity index (χ4n) is 3.09. The minimum Gasteiger partial charge on any atom is -0.508 e. The Balaban J connectivity index is 2.42. The quantitative estimate of drug-likeness (QED) is 0.423. The second-order valence-corrected chi connectivity index (χ2v) is 7.47. The molecule has 0 heterocycles. The van der Waals surface area contributed by atoms with Gasteiger partial charge in [-0.1, -0.05) is 54.6 Å². The van der Waals surface area contributed by atoms with Gasteiger partial charge in [0.25, 0.3) is 0 Å². The highest BCUT2D eigenvalue weighted by molar-refractivity contribution is 7.53. The Kier molecular flexibility index (Phi) is 4.39. The Morgan fingerprint density at radius 2 is 0.960 bits per heavy atom. The fraction of sp³-hybridized carbons (Fsp3) is 0.0526. The zero-order chi connectivity index (χ0) is 18.1. The Hall–Kier alpha value is -2.59. The van der Waals surface area contributed by atoms with E-state index in [1.165, 1.54) is 48.5 Å². The maximum atomic E-state index is 12.8. The van der Waals surface area contributed by atoms with E-state index in [-0.39, 0.29) is 11.5 Å². The van der Waals surface area contributed by atoms with Crippen molar-refractivity contribution in [1.82, 2.24) is 0 Å². The zero-order valence-corrected chi connectivity index (χ0v) is 14.0. The van der Waals surface area contributed by atoms with Crippen LogP contribution in [0.5, 0.6) is 11.5 Å².